The van der Waals surface area contributed by atoms with Crippen LogP contribution in [0.1, 0.15) is 32.3 Å². The molecule has 2 N–H and O–H groups in total. The zero-order chi connectivity index (χ0) is 15.5. The summed E-state index contributed by atoms with van der Waals surface area (Å²) >= 11 is 6.12. The number of carbonyl (C=O) groups excluding carboxylic acids is 1. The fourth-order valence-electron chi connectivity index (χ4n) is 2.66. The second-order valence-electron chi connectivity index (χ2n) is 6.27. The number of hydrogen-bond acceptors (Lipinski definition) is 2. The summed E-state index contributed by atoms with van der Waals surface area (Å²) in [6.07, 6.45) is 1.96. The Morgan fingerprint density at radius 1 is 1.52 bits per heavy atom. The van der Waals surface area contributed by atoms with Crippen LogP contribution < -0.4 is 10.6 Å². The Labute approximate surface area is 130 Å². The van der Waals surface area contributed by atoms with Crippen molar-refractivity contribution < 1.29 is 9.18 Å². The number of hydrogen-bond donors (Lipinski definition) is 2. The standard InChI is InChI=1S/C16H22ClFN2O/c1-16(2,13-6-5-12(18)8-14(13)17)10-20-15(21)11-4-3-7-19-9-11/h5-6,8,11,19H,3-4,7,9-10H2,1-2H3,(H,20,21). The van der Waals surface area contributed by atoms with Crippen LogP contribution in [0.2, 0.25) is 5.02 Å². The molecule has 21 heavy (non-hydrogen) atoms. The normalized spacial score (nSPS) is 19.3. The number of amides is 1. The van der Waals surface area contributed by atoms with Gasteiger partial charge in [0.15, 0.2) is 0 Å². The molecular weight excluding hydrogens is 291 g/mol. The van der Waals surface area contributed by atoms with E-state index < -0.39 is 0 Å². The van der Waals surface area contributed by atoms with Crippen molar-refractivity contribution in [1.82, 2.24) is 10.6 Å². The molecule has 116 valence electrons. The van der Waals surface area contributed by atoms with E-state index in [9.17, 15) is 9.18 Å². The van der Waals surface area contributed by atoms with Gasteiger partial charge in [0.2, 0.25) is 5.91 Å². The summed E-state index contributed by atoms with van der Waals surface area (Å²) in [7, 11) is 0. The third-order valence-electron chi connectivity index (χ3n) is 4.03. The highest BCUT2D eigenvalue weighted by Crippen LogP contribution is 2.30. The van der Waals surface area contributed by atoms with Crippen molar-refractivity contribution in [2.75, 3.05) is 19.6 Å². The first-order valence-electron chi connectivity index (χ1n) is 7.34. The van der Waals surface area contributed by atoms with Gasteiger partial charge in [-0.05, 0) is 37.1 Å². The third kappa shape index (κ3) is 4.17. The van der Waals surface area contributed by atoms with E-state index in [4.69, 9.17) is 11.6 Å². The van der Waals surface area contributed by atoms with Crippen molar-refractivity contribution in [2.24, 2.45) is 5.92 Å². The van der Waals surface area contributed by atoms with Crippen LogP contribution in [-0.4, -0.2) is 25.5 Å². The van der Waals surface area contributed by atoms with Crippen LogP contribution in [0.4, 0.5) is 4.39 Å². The number of carbonyl (C=O) groups is 1. The van der Waals surface area contributed by atoms with Gasteiger partial charge in [0.1, 0.15) is 5.82 Å². The van der Waals surface area contributed by atoms with Gasteiger partial charge in [0, 0.05) is 23.5 Å². The van der Waals surface area contributed by atoms with Crippen molar-refractivity contribution in [2.45, 2.75) is 32.1 Å². The van der Waals surface area contributed by atoms with Gasteiger partial charge in [-0.15, -0.1) is 0 Å². The van der Waals surface area contributed by atoms with Crippen LogP contribution in [0.5, 0.6) is 0 Å². The van der Waals surface area contributed by atoms with Crippen molar-refractivity contribution in [3.63, 3.8) is 0 Å². The molecule has 1 fully saturated rings. The Morgan fingerprint density at radius 3 is 2.90 bits per heavy atom. The zero-order valence-corrected chi connectivity index (χ0v) is 13.3. The average Bonchev–Trinajstić information content (AvgIpc) is 2.45. The van der Waals surface area contributed by atoms with Crippen LogP contribution in [0.15, 0.2) is 18.2 Å². The summed E-state index contributed by atoms with van der Waals surface area (Å²) in [5, 5.41) is 6.63. The number of rotatable bonds is 4. The second-order valence-corrected chi connectivity index (χ2v) is 6.68. The van der Waals surface area contributed by atoms with Gasteiger partial charge >= 0.3 is 0 Å². The van der Waals surface area contributed by atoms with E-state index >= 15 is 0 Å². The summed E-state index contributed by atoms with van der Waals surface area (Å²) in [5.41, 5.74) is 0.496. The van der Waals surface area contributed by atoms with Crippen LogP contribution in [0.3, 0.4) is 0 Å². The lowest BCUT2D eigenvalue weighted by Gasteiger charge is -2.29. The van der Waals surface area contributed by atoms with Gasteiger partial charge in [-0.25, -0.2) is 4.39 Å². The molecule has 1 unspecified atom stereocenters. The van der Waals surface area contributed by atoms with Crippen molar-refractivity contribution in [3.8, 4) is 0 Å². The highest BCUT2D eigenvalue weighted by molar-refractivity contribution is 6.31. The molecule has 1 amide bonds. The molecule has 3 nitrogen and oxygen atoms in total. The Hall–Kier alpha value is -1.13. The molecule has 1 saturated heterocycles. The maximum atomic E-state index is 13.1. The molecule has 0 aliphatic carbocycles. The van der Waals surface area contributed by atoms with Gasteiger partial charge in [-0.1, -0.05) is 31.5 Å². The number of halogens is 2. The summed E-state index contributed by atoms with van der Waals surface area (Å²) in [6.45, 7) is 6.19. The van der Waals surface area contributed by atoms with Crippen LogP contribution in [0.25, 0.3) is 0 Å². The van der Waals surface area contributed by atoms with Crippen LogP contribution >= 0.6 is 11.6 Å². The maximum Gasteiger partial charge on any atom is 0.224 e. The Bertz CT molecular complexity index is 513. The summed E-state index contributed by atoms with van der Waals surface area (Å²) < 4.78 is 13.1. The first-order chi connectivity index (χ1) is 9.90. The smallest absolute Gasteiger partial charge is 0.224 e. The van der Waals surface area contributed by atoms with Crippen LogP contribution in [-0.2, 0) is 10.2 Å². The van der Waals surface area contributed by atoms with Crippen molar-refractivity contribution in [3.05, 3.63) is 34.6 Å². The molecule has 1 atom stereocenters. The predicted molar refractivity (Wildman–Crippen MR) is 83.0 cm³/mol. The van der Waals surface area contributed by atoms with E-state index in [1.807, 2.05) is 13.8 Å². The molecule has 1 aromatic carbocycles. The highest BCUT2D eigenvalue weighted by atomic mass is 35.5. The fourth-order valence-corrected chi connectivity index (χ4v) is 3.08. The monoisotopic (exact) mass is 312 g/mol. The van der Waals surface area contributed by atoms with Crippen LogP contribution in [0, 0.1) is 11.7 Å². The second kappa shape index (κ2) is 6.75. The molecule has 0 saturated carbocycles. The average molecular weight is 313 g/mol. The van der Waals surface area contributed by atoms with Gasteiger partial charge < -0.3 is 10.6 Å². The van der Waals surface area contributed by atoms with E-state index in [1.165, 1.54) is 12.1 Å². The summed E-state index contributed by atoms with van der Waals surface area (Å²) in [5.74, 6) is -0.233. The quantitative estimate of drug-likeness (QED) is 0.897. The fraction of sp³-hybridized carbons (Fsp3) is 0.562. The van der Waals surface area contributed by atoms with Gasteiger partial charge in [-0.2, -0.15) is 0 Å². The first-order valence-corrected chi connectivity index (χ1v) is 7.72. The lowest BCUT2D eigenvalue weighted by Crippen LogP contribution is -2.44. The molecule has 1 aliphatic rings. The molecule has 0 radical (unpaired) electrons. The van der Waals surface area contributed by atoms with Gasteiger partial charge in [0.05, 0.1) is 5.92 Å². The minimum atomic E-state index is -0.350. The molecule has 2 rings (SSSR count). The number of piperidine rings is 1. The molecule has 0 aromatic heterocycles. The first kappa shape index (κ1) is 16.2. The predicted octanol–water partition coefficient (Wildman–Crippen LogP) is 2.87. The van der Waals surface area contributed by atoms with E-state index in [1.54, 1.807) is 6.07 Å². The van der Waals surface area contributed by atoms with Crippen molar-refractivity contribution in [1.29, 1.82) is 0 Å². The summed E-state index contributed by atoms with van der Waals surface area (Å²) in [4.78, 5) is 12.2. The number of benzene rings is 1. The lowest BCUT2D eigenvalue weighted by atomic mass is 9.84. The SMILES string of the molecule is CC(C)(CNC(=O)C1CCCNC1)c1ccc(F)cc1Cl. The largest absolute Gasteiger partial charge is 0.355 e. The van der Waals surface area contributed by atoms with E-state index in [-0.39, 0.29) is 23.1 Å². The minimum Gasteiger partial charge on any atom is -0.355 e. The number of nitrogens with one attached hydrogen (secondary N) is 2. The van der Waals surface area contributed by atoms with E-state index in [0.717, 1.165) is 31.5 Å². The topological polar surface area (TPSA) is 41.1 Å². The minimum absolute atomic E-state index is 0.0400. The molecule has 1 aromatic rings. The molecule has 1 heterocycles. The van der Waals surface area contributed by atoms with Gasteiger partial charge in [0.25, 0.3) is 0 Å². The summed E-state index contributed by atoms with van der Waals surface area (Å²) in [6, 6.07) is 4.40. The molecule has 1 aliphatic heterocycles. The van der Waals surface area contributed by atoms with E-state index in [2.05, 4.69) is 10.6 Å². The van der Waals surface area contributed by atoms with E-state index in [0.29, 0.717) is 11.6 Å². The Morgan fingerprint density at radius 2 is 2.29 bits per heavy atom. The molecular formula is C16H22ClFN2O. The molecule has 5 heteroatoms. The van der Waals surface area contributed by atoms with Gasteiger partial charge in [-0.3, -0.25) is 4.79 Å². The molecule has 0 spiro atoms. The van der Waals surface area contributed by atoms with Crippen molar-refractivity contribution >= 4 is 17.5 Å². The lowest BCUT2D eigenvalue weighted by molar-refractivity contribution is -0.125. The third-order valence-corrected chi connectivity index (χ3v) is 4.35. The maximum absolute atomic E-state index is 13.1. The Balaban J connectivity index is 1.98. The Kier molecular flexibility index (Phi) is 5.22. The molecule has 0 bridgehead atoms. The highest BCUT2D eigenvalue weighted by Gasteiger charge is 2.27. The zero-order valence-electron chi connectivity index (χ0n) is 12.5.